The number of benzene rings is 2. The molecule has 2 aromatic rings. The Hall–Kier alpha value is -1.60. The lowest BCUT2D eigenvalue weighted by Gasteiger charge is -2.20. The molecule has 0 bridgehead atoms. The van der Waals surface area contributed by atoms with E-state index >= 15 is 0 Å². The van der Waals surface area contributed by atoms with Gasteiger partial charge in [-0.1, -0.05) is 42.0 Å². The van der Waals surface area contributed by atoms with Crippen molar-refractivity contribution in [1.29, 1.82) is 0 Å². The maximum Gasteiger partial charge on any atom is 0.0335 e. The molecule has 0 aliphatic heterocycles. The van der Waals surface area contributed by atoms with Gasteiger partial charge in [0.25, 0.3) is 0 Å². The Balaban J connectivity index is 1.82. The standard InChI is InChI=1S/C20H25N/c1-14-7-8-15(2)19(11-14)13-20(21)18-10-9-16-5-3-4-6-17(16)12-18/h7-12,20H,3-6,13,21H2,1-2H3. The maximum atomic E-state index is 6.48. The molecular weight excluding hydrogens is 254 g/mol. The monoisotopic (exact) mass is 279 g/mol. The van der Waals surface area contributed by atoms with Crippen LogP contribution in [0, 0.1) is 13.8 Å². The van der Waals surface area contributed by atoms with Crippen molar-refractivity contribution in [2.24, 2.45) is 5.73 Å². The molecule has 1 aliphatic rings. The van der Waals surface area contributed by atoms with Crippen LogP contribution >= 0.6 is 0 Å². The number of nitrogens with two attached hydrogens (primary N) is 1. The number of hydrogen-bond donors (Lipinski definition) is 1. The van der Waals surface area contributed by atoms with Gasteiger partial charge in [0.05, 0.1) is 0 Å². The minimum atomic E-state index is 0.0951. The van der Waals surface area contributed by atoms with Crippen LogP contribution in [-0.2, 0) is 19.3 Å². The summed E-state index contributed by atoms with van der Waals surface area (Å²) in [6.07, 6.45) is 6.04. The summed E-state index contributed by atoms with van der Waals surface area (Å²) in [5.74, 6) is 0. The molecule has 1 heteroatoms. The molecule has 110 valence electrons. The molecule has 0 amide bonds. The Labute approximate surface area is 128 Å². The molecule has 0 aromatic heterocycles. The van der Waals surface area contributed by atoms with Gasteiger partial charge in [-0.3, -0.25) is 0 Å². The second kappa shape index (κ2) is 6.03. The van der Waals surface area contributed by atoms with E-state index in [9.17, 15) is 0 Å². The van der Waals surface area contributed by atoms with E-state index in [1.165, 1.54) is 59.1 Å². The van der Waals surface area contributed by atoms with Crippen LogP contribution in [0.3, 0.4) is 0 Å². The molecule has 0 radical (unpaired) electrons. The van der Waals surface area contributed by atoms with Gasteiger partial charge in [0, 0.05) is 6.04 Å². The third-order valence-corrected chi connectivity index (χ3v) is 4.75. The first kappa shape index (κ1) is 14.3. The van der Waals surface area contributed by atoms with Crippen molar-refractivity contribution < 1.29 is 0 Å². The predicted octanol–water partition coefficient (Wildman–Crippen LogP) is 4.42. The summed E-state index contributed by atoms with van der Waals surface area (Å²) in [5.41, 5.74) is 14.9. The van der Waals surface area contributed by atoms with Gasteiger partial charge in [0.15, 0.2) is 0 Å². The van der Waals surface area contributed by atoms with Gasteiger partial charge in [-0.25, -0.2) is 0 Å². The quantitative estimate of drug-likeness (QED) is 0.884. The molecule has 0 fully saturated rings. The summed E-state index contributed by atoms with van der Waals surface area (Å²) in [6.45, 7) is 4.32. The number of hydrogen-bond acceptors (Lipinski definition) is 1. The molecule has 1 nitrogen and oxygen atoms in total. The Morgan fingerprint density at radius 1 is 0.952 bits per heavy atom. The third-order valence-electron chi connectivity index (χ3n) is 4.75. The topological polar surface area (TPSA) is 26.0 Å². The fourth-order valence-electron chi connectivity index (χ4n) is 3.36. The first-order chi connectivity index (χ1) is 10.1. The molecule has 3 rings (SSSR count). The van der Waals surface area contributed by atoms with Crippen LogP contribution in [0.2, 0.25) is 0 Å². The Morgan fingerprint density at radius 3 is 2.52 bits per heavy atom. The SMILES string of the molecule is Cc1ccc(C)c(CC(N)c2ccc3c(c2)CCCC3)c1. The van der Waals surface area contributed by atoms with E-state index < -0.39 is 0 Å². The van der Waals surface area contributed by atoms with E-state index in [2.05, 4.69) is 50.2 Å². The van der Waals surface area contributed by atoms with Crippen LogP contribution in [0.15, 0.2) is 36.4 Å². The molecule has 0 saturated carbocycles. The van der Waals surface area contributed by atoms with Gasteiger partial charge >= 0.3 is 0 Å². The van der Waals surface area contributed by atoms with E-state index in [-0.39, 0.29) is 6.04 Å². The highest BCUT2D eigenvalue weighted by Gasteiger charge is 2.14. The number of aryl methyl sites for hydroxylation is 4. The first-order valence-electron chi connectivity index (χ1n) is 8.07. The molecule has 0 spiro atoms. The van der Waals surface area contributed by atoms with Crippen molar-refractivity contribution in [3.63, 3.8) is 0 Å². The van der Waals surface area contributed by atoms with Crippen LogP contribution in [-0.4, -0.2) is 0 Å². The van der Waals surface area contributed by atoms with Crippen molar-refractivity contribution >= 4 is 0 Å². The van der Waals surface area contributed by atoms with Gasteiger partial charge in [-0.2, -0.15) is 0 Å². The van der Waals surface area contributed by atoms with Gasteiger partial charge in [0.1, 0.15) is 0 Å². The van der Waals surface area contributed by atoms with Crippen molar-refractivity contribution in [1.82, 2.24) is 0 Å². The average Bonchev–Trinajstić information content (AvgIpc) is 2.50. The van der Waals surface area contributed by atoms with E-state index in [1.807, 2.05) is 0 Å². The van der Waals surface area contributed by atoms with E-state index in [0.29, 0.717) is 0 Å². The second-order valence-electron chi connectivity index (χ2n) is 6.48. The predicted molar refractivity (Wildman–Crippen MR) is 89.6 cm³/mol. The summed E-state index contributed by atoms with van der Waals surface area (Å²) in [6, 6.07) is 13.6. The highest BCUT2D eigenvalue weighted by Crippen LogP contribution is 2.26. The fraction of sp³-hybridized carbons (Fsp3) is 0.400. The molecule has 1 aliphatic carbocycles. The minimum absolute atomic E-state index is 0.0951. The third kappa shape index (κ3) is 3.19. The van der Waals surface area contributed by atoms with E-state index in [1.54, 1.807) is 0 Å². The van der Waals surface area contributed by atoms with Crippen LogP contribution in [0.5, 0.6) is 0 Å². The van der Waals surface area contributed by atoms with Crippen LogP contribution in [0.4, 0.5) is 0 Å². The zero-order chi connectivity index (χ0) is 14.8. The van der Waals surface area contributed by atoms with Gasteiger partial charge in [0.2, 0.25) is 0 Å². The maximum absolute atomic E-state index is 6.48. The molecule has 1 unspecified atom stereocenters. The largest absolute Gasteiger partial charge is 0.324 e. The number of rotatable bonds is 3. The van der Waals surface area contributed by atoms with Crippen molar-refractivity contribution in [2.45, 2.75) is 52.0 Å². The molecule has 2 N–H and O–H groups in total. The van der Waals surface area contributed by atoms with Crippen molar-refractivity contribution in [2.75, 3.05) is 0 Å². The summed E-state index contributed by atoms with van der Waals surface area (Å²) in [4.78, 5) is 0. The smallest absolute Gasteiger partial charge is 0.0335 e. The molecule has 0 heterocycles. The summed E-state index contributed by atoms with van der Waals surface area (Å²) in [5, 5.41) is 0. The second-order valence-corrected chi connectivity index (χ2v) is 6.48. The lowest BCUT2D eigenvalue weighted by atomic mass is 9.88. The molecule has 1 atom stereocenters. The highest BCUT2D eigenvalue weighted by atomic mass is 14.6. The molecule has 0 saturated heterocycles. The lowest BCUT2D eigenvalue weighted by molar-refractivity contribution is 0.674. The normalized spacial score (nSPS) is 15.6. The lowest BCUT2D eigenvalue weighted by Crippen LogP contribution is -2.15. The Kier molecular flexibility index (Phi) is 4.12. The molecule has 2 aromatic carbocycles. The van der Waals surface area contributed by atoms with Crippen LogP contribution < -0.4 is 5.73 Å². The average molecular weight is 279 g/mol. The van der Waals surface area contributed by atoms with Gasteiger partial charge in [-0.15, -0.1) is 0 Å². The summed E-state index contributed by atoms with van der Waals surface area (Å²) < 4.78 is 0. The Bertz CT molecular complexity index is 642. The highest BCUT2D eigenvalue weighted by molar-refractivity contribution is 5.37. The number of fused-ring (bicyclic) bond motifs is 1. The van der Waals surface area contributed by atoms with E-state index in [0.717, 1.165) is 6.42 Å². The van der Waals surface area contributed by atoms with Crippen molar-refractivity contribution in [3.8, 4) is 0 Å². The molecular formula is C20H25N. The zero-order valence-electron chi connectivity index (χ0n) is 13.2. The van der Waals surface area contributed by atoms with Crippen LogP contribution in [0.1, 0.15) is 52.3 Å². The minimum Gasteiger partial charge on any atom is -0.324 e. The zero-order valence-corrected chi connectivity index (χ0v) is 13.2. The summed E-state index contributed by atoms with van der Waals surface area (Å²) >= 11 is 0. The van der Waals surface area contributed by atoms with Gasteiger partial charge < -0.3 is 5.73 Å². The Morgan fingerprint density at radius 2 is 1.71 bits per heavy atom. The fourth-order valence-corrected chi connectivity index (χ4v) is 3.36. The first-order valence-corrected chi connectivity index (χ1v) is 8.07. The summed E-state index contributed by atoms with van der Waals surface area (Å²) in [7, 11) is 0. The van der Waals surface area contributed by atoms with Crippen LogP contribution in [0.25, 0.3) is 0 Å². The van der Waals surface area contributed by atoms with Crippen molar-refractivity contribution in [3.05, 3.63) is 69.8 Å². The molecule has 21 heavy (non-hydrogen) atoms. The van der Waals surface area contributed by atoms with Gasteiger partial charge in [-0.05, 0) is 73.8 Å². The van der Waals surface area contributed by atoms with E-state index in [4.69, 9.17) is 5.73 Å².